The zero-order chi connectivity index (χ0) is 24.0. The Balaban J connectivity index is 1.28. The van der Waals surface area contributed by atoms with Crippen molar-refractivity contribution in [1.82, 2.24) is 9.88 Å². The lowest BCUT2D eigenvalue weighted by Crippen LogP contribution is -2.46. The molecular weight excluding hydrogens is 456 g/mol. The minimum atomic E-state index is 0.164. The zero-order valence-electron chi connectivity index (χ0n) is 20.7. The van der Waals surface area contributed by atoms with Gasteiger partial charge in [-0.25, -0.2) is 4.98 Å². The highest BCUT2D eigenvalue weighted by Gasteiger charge is 2.32. The van der Waals surface area contributed by atoms with E-state index in [0.717, 1.165) is 54.9 Å². The largest absolute Gasteiger partial charge is 0.489 e. The minimum absolute atomic E-state index is 0.164. The molecule has 2 fully saturated rings. The summed E-state index contributed by atoms with van der Waals surface area (Å²) in [5, 5.41) is 0.734. The van der Waals surface area contributed by atoms with Crippen LogP contribution >= 0.6 is 11.6 Å². The lowest BCUT2D eigenvalue weighted by Gasteiger charge is -2.37. The number of ether oxygens (including phenoxy) is 1. The number of benzene rings is 2. The zero-order valence-corrected chi connectivity index (χ0v) is 21.5. The van der Waals surface area contributed by atoms with E-state index in [0.29, 0.717) is 11.8 Å². The van der Waals surface area contributed by atoms with Gasteiger partial charge in [0.1, 0.15) is 17.6 Å². The molecule has 3 atom stereocenters. The molecule has 0 bridgehead atoms. The molecule has 0 spiro atoms. The quantitative estimate of drug-likeness (QED) is 0.322. The Bertz CT molecular complexity index is 1050. The summed E-state index contributed by atoms with van der Waals surface area (Å²) in [6.45, 7) is 4.98. The summed E-state index contributed by atoms with van der Waals surface area (Å²) in [5.74, 6) is 4.14. The number of hydrogen-bond donors (Lipinski definition) is 0. The van der Waals surface area contributed by atoms with Crippen LogP contribution in [0.2, 0.25) is 5.02 Å². The molecule has 1 saturated heterocycles. The van der Waals surface area contributed by atoms with Gasteiger partial charge in [0.2, 0.25) is 5.89 Å². The summed E-state index contributed by atoms with van der Waals surface area (Å²) in [5.41, 5.74) is 1.33. The number of likely N-dealkylation sites (tertiary alicyclic amines) is 1. The van der Waals surface area contributed by atoms with E-state index >= 15 is 0 Å². The molecule has 4 nitrogen and oxygen atoms in total. The molecule has 1 aromatic heterocycles. The molecule has 0 N–H and O–H groups in total. The first-order chi connectivity index (χ1) is 17.2. The maximum Gasteiger partial charge on any atom is 0.202 e. The Morgan fingerprint density at radius 2 is 1.80 bits per heavy atom. The number of oxazole rings is 1. The van der Waals surface area contributed by atoms with Crippen molar-refractivity contribution in [2.24, 2.45) is 11.8 Å². The number of hydrogen-bond acceptors (Lipinski definition) is 4. The molecule has 1 aliphatic heterocycles. The van der Waals surface area contributed by atoms with E-state index in [1.54, 1.807) is 0 Å². The van der Waals surface area contributed by atoms with Crippen molar-refractivity contribution in [2.45, 2.75) is 70.4 Å². The molecule has 0 amide bonds. The molecule has 5 heteroatoms. The van der Waals surface area contributed by atoms with Crippen LogP contribution in [-0.4, -0.2) is 29.1 Å². The molecule has 2 aliphatic rings. The molecule has 186 valence electrons. The number of nitrogens with zero attached hydrogens (tertiary/aromatic N) is 2. The van der Waals surface area contributed by atoms with Crippen molar-refractivity contribution in [1.29, 1.82) is 0 Å². The molecular formula is C30H37ClN2O2. The van der Waals surface area contributed by atoms with Gasteiger partial charge in [0.25, 0.3) is 0 Å². The number of piperidine rings is 1. The molecule has 35 heavy (non-hydrogen) atoms. The first kappa shape index (κ1) is 24.4. The first-order valence-electron chi connectivity index (χ1n) is 13.3. The van der Waals surface area contributed by atoms with Gasteiger partial charge in [-0.05, 0) is 73.9 Å². The molecule has 0 radical (unpaired) electrons. The molecule has 2 aromatic carbocycles. The second kappa shape index (κ2) is 11.6. The Kier molecular flexibility index (Phi) is 8.10. The SMILES string of the molecule is CCC1CCN(Cc2cnc(C(c3ccccc3)C3CCCCC3)o2)CC1Oc1ccc(Cl)cc1. The van der Waals surface area contributed by atoms with Crippen molar-refractivity contribution < 1.29 is 9.15 Å². The third kappa shape index (κ3) is 6.10. The Morgan fingerprint density at radius 1 is 1.03 bits per heavy atom. The third-order valence-corrected chi connectivity index (χ3v) is 8.15. The third-order valence-electron chi connectivity index (χ3n) is 7.90. The second-order valence-corrected chi connectivity index (χ2v) is 10.7. The van der Waals surface area contributed by atoms with Gasteiger partial charge in [-0.2, -0.15) is 0 Å². The van der Waals surface area contributed by atoms with E-state index in [2.05, 4.69) is 42.2 Å². The summed E-state index contributed by atoms with van der Waals surface area (Å²) in [7, 11) is 0. The highest BCUT2D eigenvalue weighted by Crippen LogP contribution is 2.40. The van der Waals surface area contributed by atoms with Gasteiger partial charge in [-0.1, -0.05) is 68.1 Å². The van der Waals surface area contributed by atoms with Crippen molar-refractivity contribution >= 4 is 11.6 Å². The second-order valence-electron chi connectivity index (χ2n) is 10.3. The maximum absolute atomic E-state index is 6.47. The van der Waals surface area contributed by atoms with Crippen LogP contribution in [0.3, 0.4) is 0 Å². The monoisotopic (exact) mass is 492 g/mol. The minimum Gasteiger partial charge on any atom is -0.489 e. The summed E-state index contributed by atoms with van der Waals surface area (Å²) in [6.07, 6.45) is 10.8. The topological polar surface area (TPSA) is 38.5 Å². The van der Waals surface area contributed by atoms with Crippen molar-refractivity contribution in [3.8, 4) is 5.75 Å². The molecule has 3 unspecified atom stereocenters. The van der Waals surface area contributed by atoms with E-state index in [-0.39, 0.29) is 12.0 Å². The average Bonchev–Trinajstić information content (AvgIpc) is 3.35. The maximum atomic E-state index is 6.47. The van der Waals surface area contributed by atoms with Gasteiger partial charge in [-0.15, -0.1) is 0 Å². The van der Waals surface area contributed by atoms with Crippen LogP contribution in [0.25, 0.3) is 0 Å². The van der Waals surface area contributed by atoms with Gasteiger partial charge in [0.15, 0.2) is 0 Å². The predicted octanol–water partition coefficient (Wildman–Crippen LogP) is 7.72. The van der Waals surface area contributed by atoms with Crippen molar-refractivity contribution in [2.75, 3.05) is 13.1 Å². The average molecular weight is 493 g/mol. The van der Waals surface area contributed by atoms with E-state index in [1.807, 2.05) is 30.5 Å². The smallest absolute Gasteiger partial charge is 0.202 e. The van der Waals surface area contributed by atoms with Gasteiger partial charge in [-0.3, -0.25) is 4.90 Å². The predicted molar refractivity (Wildman–Crippen MR) is 141 cm³/mol. The Hall–Kier alpha value is -2.30. The lowest BCUT2D eigenvalue weighted by atomic mass is 9.77. The molecule has 1 aliphatic carbocycles. The number of halogens is 1. The summed E-state index contributed by atoms with van der Waals surface area (Å²) in [4.78, 5) is 7.28. The van der Waals surface area contributed by atoms with Gasteiger partial charge >= 0.3 is 0 Å². The fraction of sp³-hybridized carbons (Fsp3) is 0.500. The van der Waals surface area contributed by atoms with Crippen LogP contribution in [0.1, 0.15) is 75.0 Å². The van der Waals surface area contributed by atoms with Crippen LogP contribution in [0.15, 0.2) is 65.2 Å². The lowest BCUT2D eigenvalue weighted by molar-refractivity contribution is 0.0313. The van der Waals surface area contributed by atoms with Gasteiger partial charge in [0, 0.05) is 11.6 Å². The number of aromatic nitrogens is 1. The highest BCUT2D eigenvalue weighted by atomic mass is 35.5. The van der Waals surface area contributed by atoms with Crippen molar-refractivity contribution in [3.05, 3.63) is 83.0 Å². The van der Waals surface area contributed by atoms with Crippen LogP contribution in [0.4, 0.5) is 0 Å². The molecule has 1 saturated carbocycles. The van der Waals surface area contributed by atoms with E-state index in [1.165, 1.54) is 37.7 Å². The van der Waals surface area contributed by atoms with Crippen molar-refractivity contribution in [3.63, 3.8) is 0 Å². The number of rotatable bonds is 8. The molecule has 5 rings (SSSR count). The van der Waals surface area contributed by atoms with Crippen LogP contribution in [0, 0.1) is 11.8 Å². The van der Waals surface area contributed by atoms with E-state index in [4.69, 9.17) is 25.7 Å². The van der Waals surface area contributed by atoms with E-state index < -0.39 is 0 Å². The Labute approximate surface area is 214 Å². The Morgan fingerprint density at radius 3 is 2.54 bits per heavy atom. The van der Waals surface area contributed by atoms with E-state index in [9.17, 15) is 0 Å². The standard InChI is InChI=1S/C30H37ClN2O2/c1-2-22-17-18-33(21-28(22)34-26-15-13-25(31)14-16-26)20-27-19-32-30(35-27)29(23-9-5-3-6-10-23)24-11-7-4-8-12-24/h3,5-6,9-10,13-16,19,22,24,28-29H,2,4,7-8,11-12,17-18,20-21H2,1H3. The summed E-state index contributed by atoms with van der Waals surface area (Å²) >= 11 is 6.06. The molecule has 3 aromatic rings. The van der Waals surface area contributed by atoms with Gasteiger partial charge < -0.3 is 9.15 Å². The van der Waals surface area contributed by atoms with Gasteiger partial charge in [0.05, 0.1) is 18.7 Å². The summed E-state index contributed by atoms with van der Waals surface area (Å²) < 4.78 is 12.9. The van der Waals surface area contributed by atoms with Crippen LogP contribution < -0.4 is 4.74 Å². The first-order valence-corrected chi connectivity index (χ1v) is 13.7. The fourth-order valence-corrected chi connectivity index (χ4v) is 6.09. The molecule has 2 heterocycles. The summed E-state index contributed by atoms with van der Waals surface area (Å²) in [6, 6.07) is 18.5. The highest BCUT2D eigenvalue weighted by molar-refractivity contribution is 6.30. The normalized spacial score (nSPS) is 22.7. The fourth-order valence-electron chi connectivity index (χ4n) is 5.97. The van der Waals surface area contributed by atoms with Crippen LogP contribution in [0.5, 0.6) is 5.75 Å². The van der Waals surface area contributed by atoms with Crippen LogP contribution in [-0.2, 0) is 6.54 Å².